The number of benzene rings is 2. The molecule has 3 aliphatic rings. The zero-order chi connectivity index (χ0) is 27.7. The Labute approximate surface area is 227 Å². The summed E-state index contributed by atoms with van der Waals surface area (Å²) in [6.07, 6.45) is 0.0213. The van der Waals surface area contributed by atoms with Crippen molar-refractivity contribution in [1.29, 1.82) is 0 Å². The summed E-state index contributed by atoms with van der Waals surface area (Å²) in [6.45, 7) is 0.861. The fourth-order valence-electron chi connectivity index (χ4n) is 6.44. The van der Waals surface area contributed by atoms with Crippen LogP contribution in [0.2, 0.25) is 0 Å². The van der Waals surface area contributed by atoms with Gasteiger partial charge in [0.15, 0.2) is 6.10 Å². The number of aromatic amines is 1. The molecule has 5 N–H and O–H groups in total. The fraction of sp³-hybridized carbons (Fsp3) is 0.345. The molecule has 2 amide bonds. The van der Waals surface area contributed by atoms with E-state index in [0.717, 1.165) is 41.2 Å². The van der Waals surface area contributed by atoms with Gasteiger partial charge in [-0.15, -0.1) is 0 Å². The second-order valence-electron chi connectivity index (χ2n) is 10.7. The number of hydrogen-bond donors (Lipinski definition) is 5. The predicted octanol–water partition coefficient (Wildman–Crippen LogP) is 1.89. The summed E-state index contributed by atoms with van der Waals surface area (Å²) in [5.41, 5.74) is 4.47. The summed E-state index contributed by atoms with van der Waals surface area (Å²) in [6, 6.07) is 11.1. The van der Waals surface area contributed by atoms with Crippen molar-refractivity contribution in [3.05, 3.63) is 65.5 Å². The number of carboxylic acids is 1. The van der Waals surface area contributed by atoms with Crippen molar-refractivity contribution in [2.75, 3.05) is 0 Å². The largest absolute Gasteiger partial charge is 0.479 e. The number of aliphatic carboxylic acids is 1. The Morgan fingerprint density at radius 3 is 2.65 bits per heavy atom. The molecule has 4 aromatic rings. The van der Waals surface area contributed by atoms with Gasteiger partial charge in [-0.25, -0.2) is 4.79 Å². The maximum Gasteiger partial charge on any atom is 0.333 e. The zero-order valence-electron chi connectivity index (χ0n) is 21.2. The van der Waals surface area contributed by atoms with Gasteiger partial charge in [-0.2, -0.15) is 0 Å². The van der Waals surface area contributed by atoms with E-state index in [1.807, 2.05) is 18.3 Å². The van der Waals surface area contributed by atoms with Crippen LogP contribution in [0, 0.1) is 0 Å². The van der Waals surface area contributed by atoms with E-state index in [9.17, 15) is 29.7 Å². The summed E-state index contributed by atoms with van der Waals surface area (Å²) >= 11 is 0. The van der Waals surface area contributed by atoms with Gasteiger partial charge in [0.1, 0.15) is 11.9 Å². The first kappa shape index (κ1) is 24.8. The van der Waals surface area contributed by atoms with E-state index in [1.165, 1.54) is 5.56 Å². The first-order valence-corrected chi connectivity index (χ1v) is 13.3. The third kappa shape index (κ3) is 3.80. The highest BCUT2D eigenvalue weighted by molar-refractivity contribution is 6.13. The molecule has 0 saturated carbocycles. The molecular weight excluding hydrogens is 518 g/mol. The third-order valence-corrected chi connectivity index (χ3v) is 8.31. The molecular formula is C29H27N3O8. The van der Waals surface area contributed by atoms with E-state index in [-0.39, 0.29) is 24.0 Å². The van der Waals surface area contributed by atoms with E-state index < -0.39 is 42.4 Å². The number of carbonyl (C=O) groups excluding carboxylic acids is 2. The molecule has 206 valence electrons. The molecule has 0 radical (unpaired) electrons. The number of carbonyl (C=O) groups is 3. The molecule has 2 aromatic carbocycles. The van der Waals surface area contributed by atoms with Gasteiger partial charge in [0.05, 0.1) is 23.5 Å². The number of aryl methyl sites for hydroxylation is 2. The Bertz CT molecular complexity index is 1690. The van der Waals surface area contributed by atoms with E-state index in [1.54, 1.807) is 24.4 Å². The molecule has 2 fully saturated rings. The quantitative estimate of drug-likeness (QED) is 0.238. The molecule has 40 heavy (non-hydrogen) atoms. The second kappa shape index (κ2) is 9.19. The number of hydrogen-bond acceptors (Lipinski definition) is 7. The summed E-state index contributed by atoms with van der Waals surface area (Å²) in [5.74, 6) is -3.13. The highest BCUT2D eigenvalue weighted by Crippen LogP contribution is 2.44. The Balaban J connectivity index is 1.23. The number of aliphatic hydroxyl groups is 2. The number of rotatable bonds is 5. The summed E-state index contributed by atoms with van der Waals surface area (Å²) in [7, 11) is 0. The highest BCUT2D eigenvalue weighted by Gasteiger charge is 2.46. The summed E-state index contributed by atoms with van der Waals surface area (Å²) in [4.78, 5) is 40.9. The average Bonchev–Trinajstić information content (AvgIpc) is 3.60. The molecule has 5 heterocycles. The lowest BCUT2D eigenvalue weighted by atomic mass is 9.83. The Kier molecular flexibility index (Phi) is 5.70. The number of para-hydroxylation sites is 1. The minimum atomic E-state index is -1.43. The number of nitrogens with zero attached hydrogens (tertiary/aromatic N) is 1. The topological polar surface area (TPSA) is 163 Å². The second-order valence-corrected chi connectivity index (χ2v) is 10.7. The molecule has 11 nitrogen and oxygen atoms in total. The van der Waals surface area contributed by atoms with Crippen molar-refractivity contribution < 1.29 is 39.2 Å². The molecule has 6 atom stereocenters. The van der Waals surface area contributed by atoms with Crippen LogP contribution in [0.25, 0.3) is 21.8 Å². The van der Waals surface area contributed by atoms with Gasteiger partial charge in [-0.1, -0.05) is 18.2 Å². The minimum absolute atomic E-state index is 0.251. The van der Waals surface area contributed by atoms with Gasteiger partial charge >= 0.3 is 5.97 Å². The molecule has 0 bridgehead atoms. The molecule has 7 rings (SSSR count). The molecule has 0 spiro atoms. The number of ether oxygens (including phenoxy) is 2. The minimum Gasteiger partial charge on any atom is -0.479 e. The average molecular weight is 546 g/mol. The first-order chi connectivity index (χ1) is 19.3. The molecule has 2 saturated heterocycles. The number of H-pyrrole nitrogens is 1. The van der Waals surface area contributed by atoms with E-state index >= 15 is 0 Å². The fourth-order valence-corrected chi connectivity index (χ4v) is 6.44. The lowest BCUT2D eigenvalue weighted by Crippen LogP contribution is -2.52. The maximum atomic E-state index is 13.2. The van der Waals surface area contributed by atoms with Crippen LogP contribution in [-0.2, 0) is 32.1 Å². The lowest BCUT2D eigenvalue weighted by molar-refractivity contribution is -0.238. The smallest absolute Gasteiger partial charge is 0.333 e. The number of imide groups is 1. The van der Waals surface area contributed by atoms with Gasteiger partial charge in [-0.05, 0) is 41.7 Å². The van der Waals surface area contributed by atoms with E-state index in [4.69, 9.17) is 9.47 Å². The Morgan fingerprint density at radius 2 is 1.85 bits per heavy atom. The van der Waals surface area contributed by atoms with Crippen LogP contribution in [0.3, 0.4) is 0 Å². The van der Waals surface area contributed by atoms with Crippen LogP contribution in [0.1, 0.15) is 41.4 Å². The lowest BCUT2D eigenvalue weighted by Gasteiger charge is -2.35. The summed E-state index contributed by atoms with van der Waals surface area (Å²) in [5, 5.41) is 33.9. The normalized spacial score (nSPS) is 28.2. The van der Waals surface area contributed by atoms with Crippen molar-refractivity contribution in [2.24, 2.45) is 0 Å². The van der Waals surface area contributed by atoms with Crippen LogP contribution in [-0.4, -0.2) is 67.3 Å². The van der Waals surface area contributed by atoms with Gasteiger partial charge in [0.25, 0.3) is 0 Å². The van der Waals surface area contributed by atoms with Crippen LogP contribution in [0.4, 0.5) is 0 Å². The number of nitrogens with one attached hydrogen (secondary N) is 2. The molecule has 2 aromatic heterocycles. The molecule has 5 unspecified atom stereocenters. The van der Waals surface area contributed by atoms with Gasteiger partial charge in [0, 0.05) is 47.7 Å². The van der Waals surface area contributed by atoms with Crippen molar-refractivity contribution in [3.63, 3.8) is 0 Å². The Morgan fingerprint density at radius 1 is 1.05 bits per heavy atom. The van der Waals surface area contributed by atoms with Gasteiger partial charge in [0.2, 0.25) is 18.1 Å². The number of amides is 2. The number of fused-ring (bicyclic) bond motifs is 1. The Hall–Kier alpha value is -4.19. The number of carboxylic acid groups (broad SMARTS) is 1. The van der Waals surface area contributed by atoms with Crippen LogP contribution >= 0.6 is 0 Å². The number of aromatic nitrogens is 2. The van der Waals surface area contributed by atoms with Crippen LogP contribution in [0.5, 0.6) is 5.75 Å². The molecule has 0 aliphatic carbocycles. The van der Waals surface area contributed by atoms with Crippen molar-refractivity contribution in [2.45, 2.75) is 62.2 Å². The van der Waals surface area contributed by atoms with Crippen molar-refractivity contribution >= 4 is 39.6 Å². The van der Waals surface area contributed by atoms with Crippen LogP contribution < -0.4 is 10.1 Å². The third-order valence-electron chi connectivity index (χ3n) is 8.31. The van der Waals surface area contributed by atoms with Crippen molar-refractivity contribution in [1.82, 2.24) is 14.9 Å². The zero-order valence-corrected chi connectivity index (χ0v) is 21.2. The standard InChI is InChI=1S/C29H27N3O8/c33-20-10-21(28(37)38)40-29(25(20)34)39-14-6-7-15-17(11-30-19(15)9-14)22-23(27(36)31-26(22)35)18-12-32-8-2-4-13-3-1-5-16(18)24(13)32/h1,3,5-7,9,11-12,20-23,25,29-30,33-34H,2,4,8,10H2,(H,37,38)(H,31,35,36)/t20?,21?,22?,23?,25-,29?/m0/s1. The first-order valence-electron chi connectivity index (χ1n) is 13.3. The van der Waals surface area contributed by atoms with Gasteiger partial charge in [-0.3, -0.25) is 14.9 Å². The van der Waals surface area contributed by atoms with E-state index in [2.05, 4.69) is 20.9 Å². The van der Waals surface area contributed by atoms with E-state index in [0.29, 0.717) is 11.1 Å². The monoisotopic (exact) mass is 545 g/mol. The van der Waals surface area contributed by atoms with Gasteiger partial charge < -0.3 is 34.3 Å². The van der Waals surface area contributed by atoms with Crippen LogP contribution in [0.15, 0.2) is 48.8 Å². The summed E-state index contributed by atoms with van der Waals surface area (Å²) < 4.78 is 13.2. The highest BCUT2D eigenvalue weighted by atomic mass is 16.7. The SMILES string of the molecule is O=C(O)C1CC(O)[C@H](O)C(Oc2ccc3c(C4C(=O)NC(=O)C4c4cn5c6c(cccc46)CCC5)c[nH]c3c2)O1. The predicted molar refractivity (Wildman–Crippen MR) is 141 cm³/mol. The maximum absolute atomic E-state index is 13.2. The van der Waals surface area contributed by atoms with Crippen molar-refractivity contribution in [3.8, 4) is 5.75 Å². The molecule has 11 heteroatoms. The number of aliphatic hydroxyl groups excluding tert-OH is 2. The molecule has 3 aliphatic heterocycles.